The van der Waals surface area contributed by atoms with Gasteiger partial charge in [-0.2, -0.15) is 0 Å². The first-order valence-electron chi connectivity index (χ1n) is 11.8. The van der Waals surface area contributed by atoms with E-state index in [1.807, 2.05) is 0 Å². The Balaban J connectivity index is 1.48. The minimum absolute atomic E-state index is 0.373. The molecule has 33 heavy (non-hydrogen) atoms. The molecule has 0 aliphatic heterocycles. The van der Waals surface area contributed by atoms with Gasteiger partial charge in [-0.05, 0) is 68.6 Å². The molecule has 164 valence electrons. The highest BCUT2D eigenvalue weighted by Crippen LogP contribution is 2.44. The second-order valence-electron chi connectivity index (χ2n) is 8.58. The highest BCUT2D eigenvalue weighted by atomic mass is 31.1. The van der Waals surface area contributed by atoms with Crippen LogP contribution in [0.15, 0.2) is 132 Å². The molecule has 0 radical (unpaired) electrons. The van der Waals surface area contributed by atoms with Crippen LogP contribution in [0.3, 0.4) is 0 Å². The van der Waals surface area contributed by atoms with Crippen LogP contribution in [0.5, 0.6) is 0 Å². The van der Waals surface area contributed by atoms with E-state index in [1.165, 1.54) is 52.8 Å². The number of allylic oxidation sites excluding steroid dienone is 2. The monoisotopic (exact) mass is 464 g/mol. The third-order valence-corrected chi connectivity index (χ3v) is 11.5. The zero-order valence-corrected chi connectivity index (χ0v) is 20.8. The Morgan fingerprint density at radius 2 is 0.667 bits per heavy atom. The topological polar surface area (TPSA) is 0 Å². The first kappa shape index (κ1) is 22.3. The van der Waals surface area contributed by atoms with Crippen LogP contribution in [-0.4, -0.2) is 12.3 Å². The molecule has 0 heterocycles. The van der Waals surface area contributed by atoms with E-state index in [2.05, 4.69) is 121 Å². The van der Waals surface area contributed by atoms with Crippen LogP contribution < -0.4 is 21.2 Å². The molecule has 0 unspecified atom stereocenters. The Morgan fingerprint density at radius 3 is 0.939 bits per heavy atom. The van der Waals surface area contributed by atoms with E-state index < -0.39 is 0 Å². The molecule has 1 aliphatic carbocycles. The van der Waals surface area contributed by atoms with Crippen molar-refractivity contribution in [3.63, 3.8) is 0 Å². The summed E-state index contributed by atoms with van der Waals surface area (Å²) in [6.45, 7) is 0. The van der Waals surface area contributed by atoms with Crippen LogP contribution in [0.25, 0.3) is 0 Å². The maximum absolute atomic E-state index is 2.33. The lowest BCUT2D eigenvalue weighted by Crippen LogP contribution is -2.17. The van der Waals surface area contributed by atoms with Crippen LogP contribution >= 0.6 is 15.8 Å². The summed E-state index contributed by atoms with van der Waals surface area (Å²) in [7, 11) is -0.745. The summed E-state index contributed by atoms with van der Waals surface area (Å²) >= 11 is 0. The summed E-state index contributed by atoms with van der Waals surface area (Å²) < 4.78 is 0. The predicted molar refractivity (Wildman–Crippen MR) is 149 cm³/mol. The Kier molecular flexibility index (Phi) is 7.47. The zero-order chi connectivity index (χ0) is 22.3. The fraction of sp³-hybridized carbons (Fsp3) is 0.161. The molecule has 4 aromatic rings. The second kappa shape index (κ2) is 11.1. The molecule has 4 aromatic carbocycles. The van der Waals surface area contributed by atoms with Crippen molar-refractivity contribution in [3.8, 4) is 0 Å². The first-order valence-corrected chi connectivity index (χ1v) is 14.9. The lowest BCUT2D eigenvalue weighted by atomic mass is 10.2. The van der Waals surface area contributed by atoms with E-state index in [0.29, 0.717) is 0 Å². The molecular weight excluding hydrogens is 434 g/mol. The van der Waals surface area contributed by atoms with Crippen molar-refractivity contribution in [2.24, 2.45) is 0 Å². The van der Waals surface area contributed by atoms with E-state index in [0.717, 1.165) is 0 Å². The van der Waals surface area contributed by atoms with Gasteiger partial charge in [0.1, 0.15) is 0 Å². The third kappa shape index (κ3) is 5.52. The molecule has 0 aromatic heterocycles. The summed E-state index contributed by atoms with van der Waals surface area (Å²) in [5.41, 5.74) is 3.46. The second-order valence-corrected chi connectivity index (χ2v) is 13.0. The molecule has 0 nitrogen and oxygen atoms in total. The normalized spacial score (nSPS) is 13.8. The maximum atomic E-state index is 2.33. The molecular formula is C31H30P2. The number of hydrogen-bond donors (Lipinski definition) is 0. The molecule has 0 amide bonds. The summed E-state index contributed by atoms with van der Waals surface area (Å²) in [5.74, 6) is 0. The van der Waals surface area contributed by atoms with E-state index in [-0.39, 0.29) is 15.8 Å². The molecule has 0 saturated carbocycles. The van der Waals surface area contributed by atoms with Gasteiger partial charge in [0.25, 0.3) is 0 Å². The molecule has 0 atom stereocenters. The average molecular weight is 465 g/mol. The largest absolute Gasteiger partial charge is 0.0657 e. The highest BCUT2D eigenvalue weighted by Gasteiger charge is 2.24. The van der Waals surface area contributed by atoms with Gasteiger partial charge >= 0.3 is 0 Å². The fourth-order valence-corrected chi connectivity index (χ4v) is 9.71. The van der Waals surface area contributed by atoms with Gasteiger partial charge in [-0.3, -0.25) is 0 Å². The standard InChI is InChI=1S/C31H30P2/c1-5-16-28(17-6-1)32(29-18-7-2-8-19-29)24-26-14-13-15-27(26)25-33(30-20-9-3-10-21-30)31-22-11-4-12-23-31/h1-12,16-23H,13-15,24-25H2. The molecule has 5 rings (SSSR count). The van der Waals surface area contributed by atoms with E-state index in [1.54, 1.807) is 11.1 Å². The van der Waals surface area contributed by atoms with E-state index >= 15 is 0 Å². The Hall–Kier alpha value is -2.52. The van der Waals surface area contributed by atoms with Crippen LogP contribution in [0.4, 0.5) is 0 Å². The average Bonchev–Trinajstić information content (AvgIpc) is 3.34. The minimum Gasteiger partial charge on any atom is -0.0657 e. The molecule has 0 N–H and O–H groups in total. The fourth-order valence-electron chi connectivity index (χ4n) is 4.73. The van der Waals surface area contributed by atoms with Crippen molar-refractivity contribution < 1.29 is 0 Å². The minimum atomic E-state index is -0.373. The molecule has 0 fully saturated rings. The maximum Gasteiger partial charge on any atom is -0.00311 e. The van der Waals surface area contributed by atoms with Crippen LogP contribution in [-0.2, 0) is 0 Å². The van der Waals surface area contributed by atoms with Crippen molar-refractivity contribution >= 4 is 37.1 Å². The van der Waals surface area contributed by atoms with Gasteiger partial charge in [0.2, 0.25) is 0 Å². The van der Waals surface area contributed by atoms with Gasteiger partial charge in [0.15, 0.2) is 0 Å². The van der Waals surface area contributed by atoms with Gasteiger partial charge < -0.3 is 0 Å². The van der Waals surface area contributed by atoms with Crippen molar-refractivity contribution in [1.29, 1.82) is 0 Å². The zero-order valence-electron chi connectivity index (χ0n) is 19.0. The Morgan fingerprint density at radius 1 is 0.394 bits per heavy atom. The summed E-state index contributed by atoms with van der Waals surface area (Å²) in [6, 6.07) is 44.7. The van der Waals surface area contributed by atoms with Gasteiger partial charge in [-0.1, -0.05) is 132 Å². The summed E-state index contributed by atoms with van der Waals surface area (Å²) in [6.07, 6.45) is 6.24. The van der Waals surface area contributed by atoms with Crippen LogP contribution in [0, 0.1) is 0 Å². The van der Waals surface area contributed by atoms with Gasteiger partial charge in [0, 0.05) is 0 Å². The van der Waals surface area contributed by atoms with Crippen LogP contribution in [0.1, 0.15) is 19.3 Å². The van der Waals surface area contributed by atoms with E-state index in [9.17, 15) is 0 Å². The lowest BCUT2D eigenvalue weighted by Gasteiger charge is -2.23. The SMILES string of the molecule is c1ccc(P(CC2=C(CP(c3ccccc3)c3ccccc3)CCC2)c2ccccc2)cc1. The van der Waals surface area contributed by atoms with Crippen molar-refractivity contribution in [2.45, 2.75) is 19.3 Å². The third-order valence-electron chi connectivity index (χ3n) is 6.43. The molecule has 2 heteroatoms. The molecule has 0 spiro atoms. The lowest BCUT2D eigenvalue weighted by molar-refractivity contribution is 0.894. The van der Waals surface area contributed by atoms with E-state index in [4.69, 9.17) is 0 Å². The van der Waals surface area contributed by atoms with Crippen molar-refractivity contribution in [2.75, 3.05) is 12.3 Å². The Bertz CT molecular complexity index is 995. The highest BCUT2D eigenvalue weighted by molar-refractivity contribution is 7.73. The molecule has 1 aliphatic rings. The van der Waals surface area contributed by atoms with Gasteiger partial charge in [0.05, 0.1) is 0 Å². The van der Waals surface area contributed by atoms with Crippen molar-refractivity contribution in [3.05, 3.63) is 132 Å². The first-order chi connectivity index (χ1) is 16.4. The number of rotatable bonds is 8. The van der Waals surface area contributed by atoms with Crippen LogP contribution in [0.2, 0.25) is 0 Å². The molecule has 0 saturated heterocycles. The number of benzene rings is 4. The predicted octanol–water partition coefficient (Wildman–Crippen LogP) is 6.73. The quantitative estimate of drug-likeness (QED) is 0.200. The van der Waals surface area contributed by atoms with Gasteiger partial charge in [-0.15, -0.1) is 0 Å². The summed E-state index contributed by atoms with van der Waals surface area (Å²) in [4.78, 5) is 0. The van der Waals surface area contributed by atoms with Gasteiger partial charge in [-0.25, -0.2) is 0 Å². The summed E-state index contributed by atoms with van der Waals surface area (Å²) in [5, 5.41) is 5.97. The smallest absolute Gasteiger partial charge is 0.00311 e. The molecule has 0 bridgehead atoms. The van der Waals surface area contributed by atoms with Crippen molar-refractivity contribution in [1.82, 2.24) is 0 Å². The number of hydrogen-bond acceptors (Lipinski definition) is 0. The Labute approximate surface area is 200 Å².